The zero-order valence-corrected chi connectivity index (χ0v) is 15.0. The zero-order chi connectivity index (χ0) is 16.8. The molecule has 0 atom stereocenters. The molecule has 0 amide bonds. The summed E-state index contributed by atoms with van der Waals surface area (Å²) in [5, 5.41) is 18.7. The molecule has 2 N–H and O–H groups in total. The van der Waals surface area contributed by atoms with Crippen molar-refractivity contribution in [1.29, 1.82) is 0 Å². The highest BCUT2D eigenvalue weighted by molar-refractivity contribution is 6.59. The van der Waals surface area contributed by atoms with Crippen molar-refractivity contribution in [1.82, 2.24) is 0 Å². The summed E-state index contributed by atoms with van der Waals surface area (Å²) in [5.41, 5.74) is 1.74. The van der Waals surface area contributed by atoms with Crippen molar-refractivity contribution in [3.63, 3.8) is 0 Å². The second-order valence-corrected chi connectivity index (χ2v) is 6.71. The fourth-order valence-corrected chi connectivity index (χ4v) is 3.17. The van der Waals surface area contributed by atoms with E-state index < -0.39 is 7.12 Å². The van der Waals surface area contributed by atoms with Crippen molar-refractivity contribution in [2.24, 2.45) is 0 Å². The molecule has 0 radical (unpaired) electrons. The summed E-state index contributed by atoms with van der Waals surface area (Å²) in [6.45, 7) is 2.27. The van der Waals surface area contributed by atoms with Gasteiger partial charge in [0.25, 0.3) is 0 Å². The maximum atomic E-state index is 9.35. The van der Waals surface area contributed by atoms with Crippen molar-refractivity contribution in [3.05, 3.63) is 29.8 Å². The van der Waals surface area contributed by atoms with E-state index in [1.54, 1.807) is 6.07 Å². The molecule has 130 valence electrons. The molecule has 0 bridgehead atoms. The minimum absolute atomic E-state index is 0.663. The van der Waals surface area contributed by atoms with Gasteiger partial charge in [-0.25, -0.2) is 0 Å². The van der Waals surface area contributed by atoms with Gasteiger partial charge >= 0.3 is 7.12 Å². The molecular weight excluding hydrogens is 283 g/mol. The molecule has 0 aliphatic rings. The lowest BCUT2D eigenvalue weighted by Gasteiger charge is -2.08. The summed E-state index contributed by atoms with van der Waals surface area (Å²) in [6.07, 6.45) is 17.1. The normalized spacial score (nSPS) is 10.9. The Balaban J connectivity index is 1.96. The van der Waals surface area contributed by atoms with E-state index in [0.717, 1.165) is 18.4 Å². The monoisotopic (exact) mass is 318 g/mol. The van der Waals surface area contributed by atoms with E-state index in [-0.39, 0.29) is 0 Å². The standard InChI is InChI=1S/C20H35BO2/c1-2-3-4-5-6-7-8-9-10-11-12-13-16-19-17-14-15-18-20(19)21(22)23/h14-15,17-18,22-23H,2-13,16H2,1H3. The van der Waals surface area contributed by atoms with E-state index in [0.29, 0.717) is 5.46 Å². The second-order valence-electron chi connectivity index (χ2n) is 6.71. The third kappa shape index (κ3) is 9.83. The Morgan fingerprint density at radius 3 is 1.70 bits per heavy atom. The van der Waals surface area contributed by atoms with Crippen LogP contribution in [0.3, 0.4) is 0 Å². The second kappa shape index (κ2) is 13.6. The summed E-state index contributed by atoms with van der Waals surface area (Å²) >= 11 is 0. The Bertz CT molecular complexity index is 393. The first-order chi connectivity index (χ1) is 11.3. The lowest BCUT2D eigenvalue weighted by Crippen LogP contribution is -2.32. The zero-order valence-electron chi connectivity index (χ0n) is 15.0. The minimum Gasteiger partial charge on any atom is -0.423 e. The number of benzene rings is 1. The Kier molecular flexibility index (Phi) is 12.0. The van der Waals surface area contributed by atoms with Crippen molar-refractivity contribution >= 4 is 12.6 Å². The summed E-state index contributed by atoms with van der Waals surface area (Å²) in [5.74, 6) is 0. The van der Waals surface area contributed by atoms with E-state index in [1.165, 1.54) is 70.6 Å². The first-order valence-electron chi connectivity index (χ1n) is 9.69. The van der Waals surface area contributed by atoms with E-state index in [9.17, 15) is 10.0 Å². The van der Waals surface area contributed by atoms with Crippen LogP contribution in [0.25, 0.3) is 0 Å². The molecule has 0 aliphatic carbocycles. The highest BCUT2D eigenvalue weighted by Crippen LogP contribution is 2.13. The third-order valence-corrected chi connectivity index (χ3v) is 4.63. The van der Waals surface area contributed by atoms with E-state index in [1.807, 2.05) is 18.2 Å². The quantitative estimate of drug-likeness (QED) is 0.388. The molecule has 1 rings (SSSR count). The van der Waals surface area contributed by atoms with Gasteiger partial charge < -0.3 is 10.0 Å². The maximum Gasteiger partial charge on any atom is 0.488 e. The van der Waals surface area contributed by atoms with Gasteiger partial charge in [0.1, 0.15) is 0 Å². The number of hydrogen-bond acceptors (Lipinski definition) is 2. The first-order valence-corrected chi connectivity index (χ1v) is 9.69. The SMILES string of the molecule is CCCCCCCCCCCCCCc1ccccc1B(O)O. The fourth-order valence-electron chi connectivity index (χ4n) is 3.17. The van der Waals surface area contributed by atoms with Crippen LogP contribution in [-0.2, 0) is 6.42 Å². The summed E-state index contributed by atoms with van der Waals surface area (Å²) < 4.78 is 0. The fraction of sp³-hybridized carbons (Fsp3) is 0.700. The Hall–Kier alpha value is -0.795. The van der Waals surface area contributed by atoms with Gasteiger partial charge in [-0.3, -0.25) is 0 Å². The molecule has 23 heavy (non-hydrogen) atoms. The number of unbranched alkanes of at least 4 members (excludes halogenated alkanes) is 11. The molecule has 0 unspecified atom stereocenters. The molecular formula is C20H35BO2. The van der Waals surface area contributed by atoms with Gasteiger partial charge in [-0.05, 0) is 23.9 Å². The van der Waals surface area contributed by atoms with Gasteiger partial charge in [0.05, 0.1) is 0 Å². The van der Waals surface area contributed by atoms with E-state index >= 15 is 0 Å². The maximum absolute atomic E-state index is 9.35. The van der Waals surface area contributed by atoms with Crippen LogP contribution in [0.4, 0.5) is 0 Å². The molecule has 0 saturated heterocycles. The van der Waals surface area contributed by atoms with Crippen LogP contribution in [0.15, 0.2) is 24.3 Å². The Morgan fingerprint density at radius 2 is 1.17 bits per heavy atom. The summed E-state index contributed by atoms with van der Waals surface area (Å²) in [6, 6.07) is 7.65. The van der Waals surface area contributed by atoms with Gasteiger partial charge in [0.15, 0.2) is 0 Å². The van der Waals surface area contributed by atoms with Gasteiger partial charge in [-0.15, -0.1) is 0 Å². The molecule has 3 heteroatoms. The van der Waals surface area contributed by atoms with Crippen molar-refractivity contribution < 1.29 is 10.0 Å². The highest BCUT2D eigenvalue weighted by atomic mass is 16.4. The molecule has 2 nitrogen and oxygen atoms in total. The van der Waals surface area contributed by atoms with Gasteiger partial charge in [-0.1, -0.05) is 102 Å². The molecule has 0 fully saturated rings. The van der Waals surface area contributed by atoms with Crippen LogP contribution < -0.4 is 5.46 Å². The van der Waals surface area contributed by atoms with Gasteiger partial charge in [0.2, 0.25) is 0 Å². The molecule has 0 aliphatic heterocycles. The van der Waals surface area contributed by atoms with E-state index in [4.69, 9.17) is 0 Å². The number of rotatable bonds is 14. The number of hydrogen-bond donors (Lipinski definition) is 2. The van der Waals surface area contributed by atoms with Crippen molar-refractivity contribution in [2.45, 2.75) is 90.4 Å². The minimum atomic E-state index is -1.34. The molecule has 0 spiro atoms. The Morgan fingerprint density at radius 1 is 0.696 bits per heavy atom. The first kappa shape index (κ1) is 20.2. The third-order valence-electron chi connectivity index (χ3n) is 4.63. The molecule has 0 saturated carbocycles. The molecule has 1 aromatic carbocycles. The van der Waals surface area contributed by atoms with Crippen LogP contribution in [-0.4, -0.2) is 17.2 Å². The van der Waals surface area contributed by atoms with Crippen LogP contribution in [0.2, 0.25) is 0 Å². The summed E-state index contributed by atoms with van der Waals surface area (Å²) in [7, 11) is -1.34. The average Bonchev–Trinajstić information content (AvgIpc) is 2.56. The van der Waals surface area contributed by atoms with E-state index in [2.05, 4.69) is 6.92 Å². The topological polar surface area (TPSA) is 40.5 Å². The lowest BCUT2D eigenvalue weighted by molar-refractivity contribution is 0.425. The highest BCUT2D eigenvalue weighted by Gasteiger charge is 2.14. The van der Waals surface area contributed by atoms with Crippen molar-refractivity contribution in [3.8, 4) is 0 Å². The average molecular weight is 318 g/mol. The lowest BCUT2D eigenvalue weighted by atomic mass is 9.76. The van der Waals surface area contributed by atoms with Gasteiger partial charge in [0, 0.05) is 0 Å². The molecule has 0 aromatic heterocycles. The van der Waals surface area contributed by atoms with Crippen LogP contribution in [0, 0.1) is 0 Å². The van der Waals surface area contributed by atoms with Crippen LogP contribution >= 0.6 is 0 Å². The number of aryl methyl sites for hydroxylation is 1. The van der Waals surface area contributed by atoms with Crippen molar-refractivity contribution in [2.75, 3.05) is 0 Å². The summed E-state index contributed by atoms with van der Waals surface area (Å²) in [4.78, 5) is 0. The predicted molar refractivity (Wildman–Crippen MR) is 101 cm³/mol. The smallest absolute Gasteiger partial charge is 0.423 e. The van der Waals surface area contributed by atoms with Gasteiger partial charge in [-0.2, -0.15) is 0 Å². The molecule has 1 aromatic rings. The van der Waals surface area contributed by atoms with Crippen LogP contribution in [0.1, 0.15) is 89.5 Å². The molecule has 0 heterocycles. The Labute approximate surface area is 143 Å². The predicted octanol–water partition coefficient (Wildman–Crippen LogP) is 4.61. The van der Waals surface area contributed by atoms with Crippen LogP contribution in [0.5, 0.6) is 0 Å². The largest absolute Gasteiger partial charge is 0.488 e.